The van der Waals surface area contributed by atoms with Gasteiger partial charge >= 0.3 is 0 Å². The number of ether oxygens (including phenoxy) is 1. The summed E-state index contributed by atoms with van der Waals surface area (Å²) in [5, 5.41) is 0.718. The van der Waals surface area contributed by atoms with Crippen LogP contribution in [0.25, 0.3) is 6.08 Å². The number of aryl methyl sites for hydroxylation is 1. The molecule has 1 aliphatic heterocycles. The Labute approximate surface area is 170 Å². The van der Waals surface area contributed by atoms with Crippen molar-refractivity contribution in [1.29, 1.82) is 0 Å². The Balaban J connectivity index is 1.84. The van der Waals surface area contributed by atoms with Gasteiger partial charge in [0.1, 0.15) is 12.4 Å². The summed E-state index contributed by atoms with van der Waals surface area (Å²) in [7, 11) is 0. The summed E-state index contributed by atoms with van der Waals surface area (Å²) < 4.78 is 5.39. The molecule has 1 heterocycles. The van der Waals surface area contributed by atoms with Crippen molar-refractivity contribution in [3.05, 3.63) is 64.6 Å². The zero-order chi connectivity index (χ0) is 19.9. The number of carbonyl (C=O) groups excluding carboxylic acids is 1. The summed E-state index contributed by atoms with van der Waals surface area (Å²) in [6, 6.07) is 15.5. The van der Waals surface area contributed by atoms with Gasteiger partial charge in [0.2, 0.25) is 0 Å². The van der Waals surface area contributed by atoms with Gasteiger partial charge in [-0.3, -0.25) is 9.69 Å². The summed E-state index contributed by atoms with van der Waals surface area (Å²) in [5.74, 6) is 3.14. The molecule has 4 nitrogen and oxygen atoms in total. The van der Waals surface area contributed by atoms with Crippen LogP contribution in [0.4, 0.5) is 5.69 Å². The maximum Gasteiger partial charge on any atom is 0.266 e. The van der Waals surface area contributed by atoms with E-state index < -0.39 is 0 Å². The first kappa shape index (κ1) is 19.8. The Kier molecular flexibility index (Phi) is 6.57. The number of nitrogens with zero attached hydrogens (tertiary/aromatic N) is 2. The third kappa shape index (κ3) is 4.85. The lowest BCUT2D eigenvalue weighted by atomic mass is 10.2. The first-order valence-electron chi connectivity index (χ1n) is 9.14. The van der Waals surface area contributed by atoms with Crippen LogP contribution in [0.1, 0.15) is 24.5 Å². The minimum atomic E-state index is -0.00892. The van der Waals surface area contributed by atoms with E-state index in [4.69, 9.17) is 16.2 Å². The predicted octanol–water partition coefficient (Wildman–Crippen LogP) is 5.02. The number of terminal acetylenes is 1. The zero-order valence-corrected chi connectivity index (χ0v) is 16.8. The van der Waals surface area contributed by atoms with Crippen LogP contribution in [0, 0.1) is 19.3 Å². The SMILES string of the molecule is C#CCOc1ccc(/C=C2/SC(=Nc3ccc(C)cc3)N(CCC)C2=O)cc1. The molecule has 0 saturated carbocycles. The van der Waals surface area contributed by atoms with Gasteiger partial charge in [0.05, 0.1) is 10.6 Å². The summed E-state index contributed by atoms with van der Waals surface area (Å²) >= 11 is 1.41. The van der Waals surface area contributed by atoms with E-state index in [1.165, 1.54) is 17.3 Å². The van der Waals surface area contributed by atoms with Crippen molar-refractivity contribution < 1.29 is 9.53 Å². The highest BCUT2D eigenvalue weighted by Crippen LogP contribution is 2.34. The number of thioether (sulfide) groups is 1. The molecular weight excluding hydrogens is 368 g/mol. The van der Waals surface area contributed by atoms with Crippen molar-refractivity contribution in [3.8, 4) is 18.1 Å². The molecule has 0 spiro atoms. The molecular formula is C23H22N2O2S. The van der Waals surface area contributed by atoms with E-state index in [-0.39, 0.29) is 12.5 Å². The van der Waals surface area contributed by atoms with Crippen molar-refractivity contribution in [2.24, 2.45) is 4.99 Å². The Bertz CT molecular complexity index is 938. The lowest BCUT2D eigenvalue weighted by molar-refractivity contribution is -0.122. The Morgan fingerprint density at radius 2 is 1.89 bits per heavy atom. The van der Waals surface area contributed by atoms with E-state index in [9.17, 15) is 4.79 Å². The lowest BCUT2D eigenvalue weighted by Gasteiger charge is -2.13. The number of amidine groups is 1. The van der Waals surface area contributed by atoms with E-state index in [1.807, 2.05) is 61.5 Å². The van der Waals surface area contributed by atoms with E-state index in [0.29, 0.717) is 17.2 Å². The third-order valence-electron chi connectivity index (χ3n) is 4.09. The molecule has 142 valence electrons. The van der Waals surface area contributed by atoms with E-state index >= 15 is 0 Å². The summed E-state index contributed by atoms with van der Waals surface area (Å²) in [6.07, 6.45) is 7.96. The number of benzene rings is 2. The highest BCUT2D eigenvalue weighted by Gasteiger charge is 2.32. The second-order valence-electron chi connectivity index (χ2n) is 6.36. The van der Waals surface area contributed by atoms with E-state index in [0.717, 1.165) is 22.8 Å². The van der Waals surface area contributed by atoms with Crippen LogP contribution in [0.3, 0.4) is 0 Å². The number of aliphatic imine (C=N–C) groups is 1. The van der Waals surface area contributed by atoms with Crippen LogP contribution in [0.15, 0.2) is 58.4 Å². The van der Waals surface area contributed by atoms with Crippen LogP contribution in [0.2, 0.25) is 0 Å². The first-order valence-corrected chi connectivity index (χ1v) is 9.95. The van der Waals surface area contributed by atoms with Crippen LogP contribution in [-0.4, -0.2) is 29.1 Å². The van der Waals surface area contributed by atoms with Crippen molar-refractivity contribution in [3.63, 3.8) is 0 Å². The standard InChI is InChI=1S/C23H22N2O2S/c1-4-14-25-22(26)21(16-18-8-12-20(13-9-18)27-15-5-2)28-23(25)24-19-10-6-17(3)7-11-19/h2,6-13,16H,4,14-15H2,1,3H3/b21-16+,24-23?. The van der Waals surface area contributed by atoms with E-state index in [1.54, 1.807) is 4.90 Å². The molecule has 0 radical (unpaired) electrons. The molecule has 0 N–H and O–H groups in total. The summed E-state index contributed by atoms with van der Waals surface area (Å²) in [5.41, 5.74) is 2.95. The highest BCUT2D eigenvalue weighted by molar-refractivity contribution is 8.18. The van der Waals surface area contributed by atoms with E-state index in [2.05, 4.69) is 12.8 Å². The number of hydrogen-bond acceptors (Lipinski definition) is 4. The summed E-state index contributed by atoms with van der Waals surface area (Å²) in [4.78, 5) is 20.0. The van der Waals surface area contributed by atoms with Crippen molar-refractivity contribution in [2.45, 2.75) is 20.3 Å². The zero-order valence-electron chi connectivity index (χ0n) is 16.0. The van der Waals surface area contributed by atoms with Crippen molar-refractivity contribution in [2.75, 3.05) is 13.2 Å². The lowest BCUT2D eigenvalue weighted by Crippen LogP contribution is -2.29. The number of carbonyl (C=O) groups is 1. The molecule has 2 aromatic rings. The molecule has 1 fully saturated rings. The largest absolute Gasteiger partial charge is 0.481 e. The molecule has 1 saturated heterocycles. The van der Waals surface area contributed by atoms with Gasteiger partial charge in [-0.05, 0) is 61.0 Å². The molecule has 3 rings (SSSR count). The molecule has 0 aromatic heterocycles. The Morgan fingerprint density at radius 1 is 1.18 bits per heavy atom. The molecule has 0 atom stereocenters. The quantitative estimate of drug-likeness (QED) is 0.514. The molecule has 1 amide bonds. The van der Waals surface area contributed by atoms with Gasteiger partial charge in [-0.15, -0.1) is 6.42 Å². The van der Waals surface area contributed by atoms with Gasteiger partial charge in [0.25, 0.3) is 5.91 Å². The molecule has 0 bridgehead atoms. The van der Waals surface area contributed by atoms with Gasteiger partial charge < -0.3 is 4.74 Å². The van der Waals surface area contributed by atoms with Crippen LogP contribution in [-0.2, 0) is 4.79 Å². The minimum absolute atomic E-state index is 0.00892. The van der Waals surface area contributed by atoms with Gasteiger partial charge in [0.15, 0.2) is 5.17 Å². The fourth-order valence-corrected chi connectivity index (χ4v) is 3.70. The molecule has 2 aromatic carbocycles. The molecule has 28 heavy (non-hydrogen) atoms. The maximum absolute atomic E-state index is 12.9. The van der Waals surface area contributed by atoms with Crippen LogP contribution < -0.4 is 4.74 Å². The second-order valence-corrected chi connectivity index (χ2v) is 7.37. The highest BCUT2D eigenvalue weighted by atomic mass is 32.2. The average molecular weight is 391 g/mol. The fourth-order valence-electron chi connectivity index (χ4n) is 2.68. The maximum atomic E-state index is 12.9. The monoisotopic (exact) mass is 390 g/mol. The number of rotatable bonds is 6. The summed E-state index contributed by atoms with van der Waals surface area (Å²) in [6.45, 7) is 4.97. The third-order valence-corrected chi connectivity index (χ3v) is 5.10. The van der Waals surface area contributed by atoms with Gasteiger partial charge in [-0.1, -0.05) is 42.7 Å². The number of amides is 1. The predicted molar refractivity (Wildman–Crippen MR) is 117 cm³/mol. The van der Waals surface area contributed by atoms with Gasteiger partial charge in [-0.25, -0.2) is 4.99 Å². The molecule has 5 heteroatoms. The fraction of sp³-hybridized carbons (Fsp3) is 0.217. The van der Waals surface area contributed by atoms with Gasteiger partial charge in [0, 0.05) is 6.54 Å². The molecule has 1 aliphatic rings. The minimum Gasteiger partial charge on any atom is -0.481 e. The Morgan fingerprint density at radius 3 is 2.54 bits per heavy atom. The van der Waals surface area contributed by atoms with Crippen molar-refractivity contribution in [1.82, 2.24) is 4.90 Å². The smallest absolute Gasteiger partial charge is 0.266 e. The normalized spacial score (nSPS) is 16.6. The molecule has 0 aliphatic carbocycles. The number of hydrogen-bond donors (Lipinski definition) is 0. The second kappa shape index (κ2) is 9.29. The Hall–Kier alpha value is -2.97. The first-order chi connectivity index (χ1) is 13.6. The topological polar surface area (TPSA) is 41.9 Å². The average Bonchev–Trinajstić information content (AvgIpc) is 2.98. The molecule has 0 unspecified atom stereocenters. The van der Waals surface area contributed by atoms with Crippen molar-refractivity contribution >= 4 is 34.6 Å². The van der Waals surface area contributed by atoms with Crippen LogP contribution >= 0.6 is 11.8 Å². The van der Waals surface area contributed by atoms with Gasteiger partial charge in [-0.2, -0.15) is 0 Å². The van der Waals surface area contributed by atoms with Crippen LogP contribution in [0.5, 0.6) is 5.75 Å².